The van der Waals surface area contributed by atoms with Crippen molar-refractivity contribution in [2.45, 2.75) is 20.3 Å². The van der Waals surface area contributed by atoms with Crippen LogP contribution in [0.3, 0.4) is 0 Å². The molecule has 0 aliphatic carbocycles. The third kappa shape index (κ3) is 4.60. The third-order valence-corrected chi connectivity index (χ3v) is 3.28. The van der Waals surface area contributed by atoms with Crippen LogP contribution < -0.4 is 5.73 Å². The highest BCUT2D eigenvalue weighted by Gasteiger charge is 2.00. The highest BCUT2D eigenvalue weighted by Crippen LogP contribution is 2.21. The van der Waals surface area contributed by atoms with Crippen molar-refractivity contribution in [3.8, 4) is 11.1 Å². The molecule has 0 bridgehead atoms. The molecule has 2 N–H and O–H groups in total. The first-order chi connectivity index (χ1) is 10.0. The lowest BCUT2D eigenvalue weighted by Gasteiger charge is -2.07. The standard InChI is InChI=1S/C19H21NO/c1-14(2)13-16-5-10-18(11-6-16)17-8-3-15(4-9-17)7-12-19(20)21/h3-12,14H,13H2,1-2H3,(H2,20,21)/b12-7+. The molecule has 2 nitrogen and oxygen atoms in total. The molecule has 0 spiro atoms. The Kier molecular flexibility index (Phi) is 4.94. The van der Waals surface area contributed by atoms with Crippen molar-refractivity contribution < 1.29 is 4.79 Å². The zero-order valence-electron chi connectivity index (χ0n) is 12.5. The van der Waals surface area contributed by atoms with Gasteiger partial charge in [0.05, 0.1) is 0 Å². The van der Waals surface area contributed by atoms with Crippen molar-refractivity contribution in [3.63, 3.8) is 0 Å². The Morgan fingerprint density at radius 1 is 1.00 bits per heavy atom. The Morgan fingerprint density at radius 3 is 2.00 bits per heavy atom. The maximum Gasteiger partial charge on any atom is 0.241 e. The average molecular weight is 279 g/mol. The van der Waals surface area contributed by atoms with Gasteiger partial charge in [0.1, 0.15) is 0 Å². The van der Waals surface area contributed by atoms with Crippen LogP contribution in [-0.4, -0.2) is 5.91 Å². The van der Waals surface area contributed by atoms with Gasteiger partial charge in [-0.15, -0.1) is 0 Å². The maximum absolute atomic E-state index is 10.7. The maximum atomic E-state index is 10.7. The Morgan fingerprint density at radius 2 is 1.52 bits per heavy atom. The van der Waals surface area contributed by atoms with E-state index in [1.54, 1.807) is 6.08 Å². The number of carbonyl (C=O) groups is 1. The first kappa shape index (κ1) is 15.0. The summed E-state index contributed by atoms with van der Waals surface area (Å²) in [5.74, 6) is 0.243. The van der Waals surface area contributed by atoms with Gasteiger partial charge in [-0.2, -0.15) is 0 Å². The molecule has 0 unspecified atom stereocenters. The van der Waals surface area contributed by atoms with Gasteiger partial charge < -0.3 is 5.73 Å². The van der Waals surface area contributed by atoms with Crippen molar-refractivity contribution in [1.29, 1.82) is 0 Å². The first-order valence-corrected chi connectivity index (χ1v) is 7.21. The van der Waals surface area contributed by atoms with Gasteiger partial charge in [-0.3, -0.25) is 4.79 Å². The van der Waals surface area contributed by atoms with Crippen LogP contribution in [0.5, 0.6) is 0 Å². The van der Waals surface area contributed by atoms with Crippen molar-refractivity contribution in [2.24, 2.45) is 11.7 Å². The zero-order chi connectivity index (χ0) is 15.2. The highest BCUT2D eigenvalue weighted by molar-refractivity contribution is 5.90. The SMILES string of the molecule is CC(C)Cc1ccc(-c2ccc(/C=C/C(N)=O)cc2)cc1. The van der Waals surface area contributed by atoms with Crippen molar-refractivity contribution in [1.82, 2.24) is 0 Å². The van der Waals surface area contributed by atoms with Crippen LogP contribution in [0.15, 0.2) is 54.6 Å². The molecule has 21 heavy (non-hydrogen) atoms. The molecule has 2 aromatic carbocycles. The van der Waals surface area contributed by atoms with Gasteiger partial charge in [0, 0.05) is 6.08 Å². The molecule has 0 aromatic heterocycles. The second-order valence-electron chi connectivity index (χ2n) is 5.65. The molecular formula is C19H21NO. The van der Waals surface area contributed by atoms with Gasteiger partial charge >= 0.3 is 0 Å². The van der Waals surface area contributed by atoms with Gasteiger partial charge in [-0.05, 0) is 40.7 Å². The summed E-state index contributed by atoms with van der Waals surface area (Å²) in [6.07, 6.45) is 4.20. The molecule has 2 rings (SSSR count). The fourth-order valence-electron chi connectivity index (χ4n) is 2.27. The van der Waals surface area contributed by atoms with Crippen LogP contribution in [0.2, 0.25) is 0 Å². The van der Waals surface area contributed by atoms with E-state index in [1.807, 2.05) is 12.1 Å². The van der Waals surface area contributed by atoms with Gasteiger partial charge in [0.2, 0.25) is 5.91 Å². The molecule has 0 saturated carbocycles. The fourth-order valence-corrected chi connectivity index (χ4v) is 2.27. The topological polar surface area (TPSA) is 43.1 Å². The van der Waals surface area contributed by atoms with Crippen LogP contribution in [0.1, 0.15) is 25.0 Å². The van der Waals surface area contributed by atoms with Crippen molar-refractivity contribution in [3.05, 3.63) is 65.7 Å². The molecule has 2 aromatic rings. The predicted octanol–water partition coefficient (Wildman–Crippen LogP) is 4.05. The van der Waals surface area contributed by atoms with Gasteiger partial charge in [0.25, 0.3) is 0 Å². The molecule has 108 valence electrons. The Labute approximate surface area is 126 Å². The highest BCUT2D eigenvalue weighted by atomic mass is 16.1. The number of rotatable bonds is 5. The number of hydrogen-bond donors (Lipinski definition) is 1. The van der Waals surface area contributed by atoms with Crippen LogP contribution >= 0.6 is 0 Å². The quantitative estimate of drug-likeness (QED) is 0.824. The summed E-state index contributed by atoms with van der Waals surface area (Å²) in [7, 11) is 0. The van der Waals surface area contributed by atoms with E-state index in [4.69, 9.17) is 5.73 Å². The summed E-state index contributed by atoms with van der Waals surface area (Å²) in [6, 6.07) is 16.8. The average Bonchev–Trinajstić information content (AvgIpc) is 2.46. The number of primary amides is 1. The lowest BCUT2D eigenvalue weighted by Crippen LogP contribution is -2.04. The number of carbonyl (C=O) groups excluding carboxylic acids is 1. The minimum absolute atomic E-state index is 0.431. The molecule has 0 atom stereocenters. The van der Waals surface area contributed by atoms with E-state index in [0.29, 0.717) is 5.92 Å². The fraction of sp³-hybridized carbons (Fsp3) is 0.211. The number of nitrogens with two attached hydrogens (primary N) is 1. The summed E-state index contributed by atoms with van der Waals surface area (Å²) in [5.41, 5.74) is 9.79. The monoisotopic (exact) mass is 279 g/mol. The number of amides is 1. The molecule has 2 heteroatoms. The Balaban J connectivity index is 2.13. The summed E-state index contributed by atoms with van der Waals surface area (Å²) in [5, 5.41) is 0. The van der Waals surface area contributed by atoms with Gasteiger partial charge in [0.15, 0.2) is 0 Å². The lowest BCUT2D eigenvalue weighted by atomic mass is 9.98. The Hall–Kier alpha value is -2.35. The van der Waals surface area contributed by atoms with Gasteiger partial charge in [-0.25, -0.2) is 0 Å². The zero-order valence-corrected chi connectivity index (χ0v) is 12.5. The van der Waals surface area contributed by atoms with Crippen LogP contribution in [0.4, 0.5) is 0 Å². The second kappa shape index (κ2) is 6.89. The molecule has 0 heterocycles. The van der Waals surface area contributed by atoms with Crippen LogP contribution in [-0.2, 0) is 11.2 Å². The van der Waals surface area contributed by atoms with E-state index in [-0.39, 0.29) is 0 Å². The summed E-state index contributed by atoms with van der Waals surface area (Å²) in [6.45, 7) is 4.46. The molecule has 0 saturated heterocycles. The van der Waals surface area contributed by atoms with E-state index in [9.17, 15) is 4.79 Å². The smallest absolute Gasteiger partial charge is 0.241 e. The minimum Gasteiger partial charge on any atom is -0.366 e. The molecule has 0 fully saturated rings. The van der Waals surface area contributed by atoms with Crippen LogP contribution in [0, 0.1) is 5.92 Å². The molecular weight excluding hydrogens is 258 g/mol. The molecule has 0 radical (unpaired) electrons. The molecule has 0 aliphatic rings. The first-order valence-electron chi connectivity index (χ1n) is 7.21. The van der Waals surface area contributed by atoms with Gasteiger partial charge in [-0.1, -0.05) is 62.4 Å². The second-order valence-corrected chi connectivity index (χ2v) is 5.65. The van der Waals surface area contributed by atoms with E-state index >= 15 is 0 Å². The molecule has 1 amide bonds. The number of hydrogen-bond acceptors (Lipinski definition) is 1. The van der Waals surface area contributed by atoms with Crippen molar-refractivity contribution in [2.75, 3.05) is 0 Å². The lowest BCUT2D eigenvalue weighted by molar-refractivity contribution is -0.113. The third-order valence-electron chi connectivity index (χ3n) is 3.28. The number of benzene rings is 2. The summed E-state index contributed by atoms with van der Waals surface area (Å²) >= 11 is 0. The normalized spacial score (nSPS) is 11.2. The van der Waals surface area contributed by atoms with E-state index < -0.39 is 5.91 Å². The Bertz CT molecular complexity index is 622. The minimum atomic E-state index is -0.431. The summed E-state index contributed by atoms with van der Waals surface area (Å²) < 4.78 is 0. The van der Waals surface area contributed by atoms with Crippen molar-refractivity contribution >= 4 is 12.0 Å². The van der Waals surface area contributed by atoms with E-state index in [1.165, 1.54) is 22.8 Å². The predicted molar refractivity (Wildman–Crippen MR) is 88.6 cm³/mol. The van der Waals surface area contributed by atoms with E-state index in [2.05, 4.69) is 50.2 Å². The molecule has 0 aliphatic heterocycles. The largest absolute Gasteiger partial charge is 0.366 e. The summed E-state index contributed by atoms with van der Waals surface area (Å²) in [4.78, 5) is 10.7. The van der Waals surface area contributed by atoms with Crippen LogP contribution in [0.25, 0.3) is 17.2 Å². The van der Waals surface area contributed by atoms with E-state index in [0.717, 1.165) is 12.0 Å².